The molecule has 7 rings (SSSR count). The number of hydrogen-bond acceptors (Lipinski definition) is 30. The summed E-state index contributed by atoms with van der Waals surface area (Å²) < 4.78 is 119. The first-order chi connectivity index (χ1) is 57.7. The number of alkyl carbamates (subject to hydrolysis) is 1. The number of aliphatic hydroxyl groups excluding tert-OH is 1. The lowest BCUT2D eigenvalue weighted by atomic mass is 9.59. The number of methoxy groups -OCH3 is 5. The number of nitrogens with two attached hydrogens (primary N) is 1. The number of rotatable bonds is 57. The van der Waals surface area contributed by atoms with Crippen LogP contribution in [0.1, 0.15) is 141 Å². The Bertz CT molecular complexity index is 3050. The quantitative estimate of drug-likeness (QED) is 0.0232. The molecule has 4 bridgehead atoms. The topological polar surface area (TPSA) is 376 Å². The number of aliphatic carboxylic acids is 1. The van der Waals surface area contributed by atoms with E-state index in [0.29, 0.717) is 202 Å². The van der Waals surface area contributed by atoms with Crippen LogP contribution < -0.4 is 20.5 Å². The highest BCUT2D eigenvalue weighted by atomic mass is 16.6. The summed E-state index contributed by atoms with van der Waals surface area (Å²) >= 11 is 0. The van der Waals surface area contributed by atoms with Gasteiger partial charge in [-0.3, -0.25) is 0 Å². The van der Waals surface area contributed by atoms with Crippen LogP contribution in [-0.4, -0.2) is 318 Å². The van der Waals surface area contributed by atoms with E-state index in [9.17, 15) is 24.0 Å². The Hall–Kier alpha value is -6.03. The number of nitrogens with one attached hydrogen (secondary N) is 1. The van der Waals surface area contributed by atoms with Crippen LogP contribution in [0.3, 0.4) is 0 Å². The first-order valence-electron chi connectivity index (χ1n) is 41.7. The maximum absolute atomic E-state index is 13.0. The Balaban J connectivity index is 0.000000817. The lowest BCUT2D eigenvalue weighted by Crippen LogP contribution is -2.57. The number of fused-ring (bicyclic) bond motifs is 8. The minimum absolute atomic E-state index is 0. The second kappa shape index (κ2) is 72.2. The van der Waals surface area contributed by atoms with Gasteiger partial charge in [-0.05, 0) is 123 Å². The highest BCUT2D eigenvalue weighted by molar-refractivity contribution is 5.74. The summed E-state index contributed by atoms with van der Waals surface area (Å²) in [5.74, 6) is -0.313. The zero-order valence-electron chi connectivity index (χ0n) is 72.8. The van der Waals surface area contributed by atoms with Gasteiger partial charge in [0.15, 0.2) is 0 Å². The molecule has 0 unspecified atom stereocenters. The molecule has 0 spiro atoms. The van der Waals surface area contributed by atoms with Gasteiger partial charge >= 0.3 is 30.0 Å². The summed E-state index contributed by atoms with van der Waals surface area (Å²) in [5.41, 5.74) is 11.8. The van der Waals surface area contributed by atoms with Gasteiger partial charge in [-0.15, -0.1) is 0 Å². The number of ether oxygens (including phenoxy) is 23. The predicted molar refractivity (Wildman–Crippen MR) is 456 cm³/mol. The minimum atomic E-state index is -0.974. The van der Waals surface area contributed by atoms with Crippen molar-refractivity contribution in [2.75, 3.05) is 260 Å². The van der Waals surface area contributed by atoms with Crippen LogP contribution in [0.25, 0.3) is 0 Å². The zero-order chi connectivity index (χ0) is 86.7. The fourth-order valence-electron chi connectivity index (χ4n) is 13.5. The molecule has 0 aliphatic heterocycles. The molecule has 2 saturated carbocycles. The van der Waals surface area contributed by atoms with E-state index in [1.807, 2.05) is 75.4 Å². The van der Waals surface area contributed by atoms with Crippen molar-refractivity contribution in [2.24, 2.45) is 17.6 Å². The number of aliphatic hydroxyl groups is 1. The van der Waals surface area contributed by atoms with Crippen LogP contribution in [-0.2, 0) is 149 Å². The van der Waals surface area contributed by atoms with Crippen molar-refractivity contribution in [2.45, 2.75) is 162 Å². The summed E-state index contributed by atoms with van der Waals surface area (Å²) in [6.07, 6.45) is 12.9. The summed E-state index contributed by atoms with van der Waals surface area (Å²) in [5, 5.41) is 19.8. The molecule has 121 heavy (non-hydrogen) atoms. The van der Waals surface area contributed by atoms with Crippen molar-refractivity contribution >= 4 is 30.0 Å². The standard InChI is InChI=1S/C33H45NO8.C25H39NO6.C13H26O6.C9H18O6.C7H16O4.2CH4/c1-33-14-8-4-7-11-27(31(33)34-32(36)41-23-25-9-5-3-6-10-25)21-26-12-13-28(22-29(26)33)42-30(35)24-40-20-19-39-18-17-38-16-15-37-2;1-25-9-5-3-4-6-20(24(25)26)16-19-7-8-21(17-22(19)25)32-23(27)18-31-15-14-30-13-12-29-11-10-28-2;1-13(2,3)19-12(14)11-18-10-9-17-8-7-16-6-5-15-4;1-12-2-3-13-4-5-14-6-7-15-8-9(10)11;1-9-4-5-11-7-6-10-3-2-8;;/h3,5-6,9-10,12-13,22,27,31H,4,7-8,11,14-21,23-24H2,1-2H3,(H,34,36);7-8,17,20,24H,3-6,9-16,18,26H2,1-2H3;5-11H2,1-4H3;2-8H2,1H3,(H,10,11);8H,2-7H2,1H3;2*1H4/t27-,31-,33+;20-,24-,25+;;;;;/m00...../s1. The van der Waals surface area contributed by atoms with E-state index >= 15 is 0 Å². The largest absolute Gasteiger partial charge is 0.480 e. The zero-order valence-corrected chi connectivity index (χ0v) is 72.8. The summed E-state index contributed by atoms with van der Waals surface area (Å²) in [6.45, 7) is 23.5. The van der Waals surface area contributed by atoms with Crippen molar-refractivity contribution in [1.29, 1.82) is 0 Å². The lowest BCUT2D eigenvalue weighted by Gasteiger charge is -2.49. The maximum Gasteiger partial charge on any atom is 0.407 e. The number of esters is 3. The van der Waals surface area contributed by atoms with Gasteiger partial charge in [-0.2, -0.15) is 0 Å². The van der Waals surface area contributed by atoms with Crippen LogP contribution >= 0.6 is 0 Å². The summed E-state index contributed by atoms with van der Waals surface area (Å²) in [7, 11) is 8.13. The number of amides is 1. The van der Waals surface area contributed by atoms with Gasteiger partial charge in [-0.25, -0.2) is 24.0 Å². The van der Waals surface area contributed by atoms with Gasteiger partial charge in [0, 0.05) is 58.5 Å². The SMILES string of the molecule is C.C.COCCOCCOCCO.COCCOCCOCCOCC(=O)O.COCCOCCOCCOCC(=O)OC(C)(C)C.COCCOCCOCCOCC(=O)Oc1ccc2c(c1)[C@@]1(C)CCCCC[C@@H](C2)[C@@H]1N.COCCOCCOCCOCC(=O)Oc1ccc2c(c1)[C@@]1(C)CCCCC[C@@H](C2)[C@@H]1NC(=O)OCc1ccccc1. The molecule has 0 aromatic heterocycles. The molecule has 5 N–H and O–H groups in total. The van der Waals surface area contributed by atoms with E-state index in [2.05, 4.69) is 31.3 Å². The van der Waals surface area contributed by atoms with E-state index in [0.717, 1.165) is 56.1 Å². The molecular weight excluding hydrogens is 1580 g/mol. The van der Waals surface area contributed by atoms with Crippen molar-refractivity contribution in [1.82, 2.24) is 5.32 Å². The van der Waals surface area contributed by atoms with Gasteiger partial charge in [0.05, 0.1) is 198 Å². The molecule has 32 nitrogen and oxygen atoms in total. The highest BCUT2D eigenvalue weighted by Gasteiger charge is 2.47. The fraction of sp³-hybridized carbons (Fsp3) is 0.742. The van der Waals surface area contributed by atoms with Crippen LogP contribution in [0.2, 0.25) is 0 Å². The molecule has 32 heteroatoms. The average Bonchev–Trinajstić information content (AvgIpc) is 0.750. The number of carboxylic acids is 1. The van der Waals surface area contributed by atoms with Crippen molar-refractivity contribution in [3.8, 4) is 11.5 Å². The maximum atomic E-state index is 13.0. The van der Waals surface area contributed by atoms with E-state index in [1.165, 1.54) is 48.8 Å². The first kappa shape index (κ1) is 113. The second-order valence-electron chi connectivity index (χ2n) is 29.8. The molecule has 6 atom stereocenters. The molecule has 0 heterocycles. The number of carbonyl (C=O) groups is 5. The predicted octanol–water partition coefficient (Wildman–Crippen LogP) is 9.71. The van der Waals surface area contributed by atoms with Crippen molar-refractivity contribution in [3.63, 3.8) is 0 Å². The van der Waals surface area contributed by atoms with Gasteiger partial charge in [0.2, 0.25) is 0 Å². The molecule has 2 fully saturated rings. The smallest absolute Gasteiger partial charge is 0.407 e. The van der Waals surface area contributed by atoms with Crippen molar-refractivity contribution < 1.29 is 143 Å². The Morgan fingerprint density at radius 3 is 1.14 bits per heavy atom. The lowest BCUT2D eigenvalue weighted by molar-refractivity contribution is -0.160. The van der Waals surface area contributed by atoms with Crippen LogP contribution in [0.15, 0.2) is 66.7 Å². The molecule has 3 aromatic carbocycles. The van der Waals surface area contributed by atoms with Crippen LogP contribution in [0, 0.1) is 11.8 Å². The third-order valence-corrected chi connectivity index (χ3v) is 19.3. The molecule has 0 radical (unpaired) electrons. The number of carbonyl (C=O) groups excluding carboxylic acids is 4. The molecular formula is C89H152N2O30. The molecule has 3 aromatic rings. The average molecular weight is 1730 g/mol. The van der Waals surface area contributed by atoms with E-state index in [4.69, 9.17) is 125 Å². The fourth-order valence-corrected chi connectivity index (χ4v) is 13.5. The Morgan fingerprint density at radius 1 is 0.421 bits per heavy atom. The summed E-state index contributed by atoms with van der Waals surface area (Å²) in [4.78, 5) is 59.0. The molecule has 4 aliphatic rings. The third-order valence-electron chi connectivity index (χ3n) is 19.3. The van der Waals surface area contributed by atoms with Gasteiger partial charge in [-0.1, -0.05) is 110 Å². The minimum Gasteiger partial charge on any atom is -0.480 e. The highest BCUT2D eigenvalue weighted by Crippen LogP contribution is 2.49. The van der Waals surface area contributed by atoms with E-state index in [1.54, 1.807) is 35.5 Å². The Labute approximate surface area is 720 Å². The number of carboxylic acid groups (broad SMARTS) is 1. The van der Waals surface area contributed by atoms with Crippen LogP contribution in [0.4, 0.5) is 4.79 Å². The molecule has 0 saturated heterocycles. The number of hydrogen-bond donors (Lipinski definition) is 4. The Kier molecular flexibility index (Phi) is 67.4. The number of benzene rings is 3. The van der Waals surface area contributed by atoms with Gasteiger partial charge in [0.1, 0.15) is 50.1 Å². The summed E-state index contributed by atoms with van der Waals surface area (Å²) in [6, 6.07) is 21.7. The van der Waals surface area contributed by atoms with Crippen molar-refractivity contribution in [3.05, 3.63) is 94.5 Å². The second-order valence-corrected chi connectivity index (χ2v) is 29.8. The third kappa shape index (κ3) is 53.1. The van der Waals surface area contributed by atoms with E-state index < -0.39 is 29.6 Å². The molecule has 698 valence electrons. The van der Waals surface area contributed by atoms with E-state index in [-0.39, 0.29) is 96.6 Å². The van der Waals surface area contributed by atoms with Crippen LogP contribution in [0.5, 0.6) is 11.5 Å². The van der Waals surface area contributed by atoms with Gasteiger partial charge in [0.25, 0.3) is 0 Å². The van der Waals surface area contributed by atoms with Gasteiger partial charge < -0.3 is 130 Å². The molecule has 4 aliphatic carbocycles. The Morgan fingerprint density at radius 2 is 0.760 bits per heavy atom. The first-order valence-corrected chi connectivity index (χ1v) is 41.7. The normalized spacial score (nSPS) is 18.1. The monoisotopic (exact) mass is 1730 g/mol. The molecule has 1 amide bonds.